The van der Waals surface area contributed by atoms with Crippen molar-refractivity contribution in [2.45, 2.75) is 11.9 Å². The highest BCUT2D eigenvalue weighted by molar-refractivity contribution is 8.00. The smallest absolute Gasteiger partial charge is 0.136 e. The summed E-state index contributed by atoms with van der Waals surface area (Å²) in [6.45, 7) is 3.02. The van der Waals surface area contributed by atoms with Gasteiger partial charge in [-0.3, -0.25) is 0 Å². The van der Waals surface area contributed by atoms with E-state index in [1.165, 1.54) is 16.3 Å². The monoisotopic (exact) mass is 230 g/mol. The largest absolute Gasteiger partial charge is 0.359 e. The zero-order valence-corrected chi connectivity index (χ0v) is 10.1. The molecule has 82 valence electrons. The minimum atomic E-state index is -0.149. The van der Waals surface area contributed by atoms with E-state index in [4.69, 9.17) is 4.74 Å². The van der Waals surface area contributed by atoms with Crippen LogP contribution in [0.1, 0.15) is 12.5 Å². The highest BCUT2D eigenvalue weighted by Crippen LogP contribution is 2.42. The van der Waals surface area contributed by atoms with Crippen LogP contribution in [-0.4, -0.2) is 12.4 Å². The zero-order valence-electron chi connectivity index (χ0n) is 9.27. The predicted octanol–water partition coefficient (Wildman–Crippen LogP) is 3.78. The Morgan fingerprint density at radius 2 is 1.94 bits per heavy atom. The van der Waals surface area contributed by atoms with Crippen molar-refractivity contribution in [1.82, 2.24) is 0 Å². The van der Waals surface area contributed by atoms with Gasteiger partial charge in [-0.2, -0.15) is 0 Å². The molecule has 1 aliphatic heterocycles. The van der Waals surface area contributed by atoms with E-state index < -0.39 is 0 Å². The number of benzene rings is 2. The van der Waals surface area contributed by atoms with Crippen LogP contribution in [0.4, 0.5) is 0 Å². The molecule has 1 aliphatic rings. The van der Waals surface area contributed by atoms with E-state index in [0.29, 0.717) is 0 Å². The average molecular weight is 230 g/mol. The lowest BCUT2D eigenvalue weighted by atomic mass is 10.0. The van der Waals surface area contributed by atoms with E-state index >= 15 is 0 Å². The zero-order chi connectivity index (χ0) is 11.0. The van der Waals surface area contributed by atoms with E-state index in [0.717, 1.165) is 12.4 Å². The molecule has 1 heterocycles. The summed E-state index contributed by atoms with van der Waals surface area (Å²) in [5, 5.41) is 2.58. The Labute approximate surface area is 99.8 Å². The Balaban J connectivity index is 2.11. The summed E-state index contributed by atoms with van der Waals surface area (Å²) < 4.78 is 5.84. The second kappa shape index (κ2) is 3.79. The molecular weight excluding hydrogens is 216 g/mol. The van der Waals surface area contributed by atoms with Gasteiger partial charge in [0.05, 0.1) is 6.61 Å². The normalized spacial score (nSPS) is 25.1. The lowest BCUT2D eigenvalue weighted by Crippen LogP contribution is -2.15. The van der Waals surface area contributed by atoms with Crippen molar-refractivity contribution in [1.29, 1.82) is 0 Å². The average Bonchev–Trinajstić information content (AvgIpc) is 2.77. The van der Waals surface area contributed by atoms with Crippen LogP contribution in [0.3, 0.4) is 0 Å². The van der Waals surface area contributed by atoms with Gasteiger partial charge in [0.15, 0.2) is 0 Å². The van der Waals surface area contributed by atoms with E-state index in [-0.39, 0.29) is 4.93 Å². The summed E-state index contributed by atoms with van der Waals surface area (Å²) in [5.74, 6) is 1.09. The van der Waals surface area contributed by atoms with Gasteiger partial charge < -0.3 is 4.74 Å². The van der Waals surface area contributed by atoms with Crippen molar-refractivity contribution in [2.75, 3.05) is 12.4 Å². The van der Waals surface area contributed by atoms with E-state index in [1.807, 2.05) is 11.8 Å². The Kier molecular flexibility index (Phi) is 2.41. The first-order chi connectivity index (χ1) is 7.78. The van der Waals surface area contributed by atoms with E-state index in [2.05, 4.69) is 49.4 Å². The molecule has 1 unspecified atom stereocenters. The molecule has 2 heteroatoms. The first kappa shape index (κ1) is 10.2. The Morgan fingerprint density at radius 3 is 2.69 bits per heavy atom. The fourth-order valence-corrected chi connectivity index (χ4v) is 3.17. The molecule has 0 saturated carbocycles. The van der Waals surface area contributed by atoms with Crippen molar-refractivity contribution in [3.8, 4) is 0 Å². The SMILES string of the molecule is CC1(c2ccc3ccccc3c2)OCCS1. The summed E-state index contributed by atoms with van der Waals surface area (Å²) in [7, 11) is 0. The summed E-state index contributed by atoms with van der Waals surface area (Å²) in [5.41, 5.74) is 1.27. The molecule has 1 fully saturated rings. The number of hydrogen-bond acceptors (Lipinski definition) is 2. The number of ether oxygens (including phenoxy) is 1. The Hall–Kier alpha value is -0.990. The minimum Gasteiger partial charge on any atom is -0.359 e. The minimum absolute atomic E-state index is 0.149. The molecule has 1 saturated heterocycles. The summed E-state index contributed by atoms with van der Waals surface area (Å²) >= 11 is 1.88. The summed E-state index contributed by atoms with van der Waals surface area (Å²) in [6, 6.07) is 15.1. The highest BCUT2D eigenvalue weighted by Gasteiger charge is 2.32. The standard InChI is InChI=1S/C14H14OS/c1-14(15-8-9-16-14)13-7-6-11-4-2-3-5-12(11)10-13/h2-7,10H,8-9H2,1H3. The van der Waals surface area contributed by atoms with E-state index in [1.54, 1.807) is 0 Å². The van der Waals surface area contributed by atoms with Gasteiger partial charge >= 0.3 is 0 Å². The Morgan fingerprint density at radius 1 is 1.12 bits per heavy atom. The molecule has 0 bridgehead atoms. The third-order valence-corrected chi connectivity index (χ3v) is 4.39. The first-order valence-corrected chi connectivity index (χ1v) is 6.54. The van der Waals surface area contributed by atoms with E-state index in [9.17, 15) is 0 Å². The van der Waals surface area contributed by atoms with Gasteiger partial charge in [-0.1, -0.05) is 36.4 Å². The molecule has 0 aromatic heterocycles. The molecule has 2 aromatic carbocycles. The quantitative estimate of drug-likeness (QED) is 0.737. The van der Waals surface area contributed by atoms with Crippen LogP contribution >= 0.6 is 11.8 Å². The Bertz CT molecular complexity index is 515. The number of fused-ring (bicyclic) bond motifs is 1. The predicted molar refractivity (Wildman–Crippen MR) is 69.7 cm³/mol. The molecule has 0 spiro atoms. The van der Waals surface area contributed by atoms with Crippen LogP contribution in [0.25, 0.3) is 10.8 Å². The first-order valence-electron chi connectivity index (χ1n) is 5.55. The topological polar surface area (TPSA) is 9.23 Å². The van der Waals surface area contributed by atoms with Gasteiger partial charge in [0.2, 0.25) is 0 Å². The second-order valence-electron chi connectivity index (χ2n) is 4.20. The van der Waals surface area contributed by atoms with Crippen molar-refractivity contribution in [3.63, 3.8) is 0 Å². The highest BCUT2D eigenvalue weighted by atomic mass is 32.2. The van der Waals surface area contributed by atoms with Gasteiger partial charge in [-0.05, 0) is 29.3 Å². The lowest BCUT2D eigenvalue weighted by molar-refractivity contribution is 0.0645. The summed E-state index contributed by atoms with van der Waals surface area (Å²) in [6.07, 6.45) is 0. The van der Waals surface area contributed by atoms with Crippen LogP contribution in [-0.2, 0) is 9.67 Å². The fraction of sp³-hybridized carbons (Fsp3) is 0.286. The van der Waals surface area contributed by atoms with Gasteiger partial charge in [-0.25, -0.2) is 0 Å². The molecule has 0 radical (unpaired) electrons. The van der Waals surface area contributed by atoms with Crippen LogP contribution < -0.4 is 0 Å². The van der Waals surface area contributed by atoms with Crippen LogP contribution in [0.5, 0.6) is 0 Å². The molecule has 16 heavy (non-hydrogen) atoms. The number of rotatable bonds is 1. The third kappa shape index (κ3) is 1.62. The fourth-order valence-electron chi connectivity index (χ4n) is 2.15. The second-order valence-corrected chi connectivity index (χ2v) is 5.68. The number of hydrogen-bond donors (Lipinski definition) is 0. The van der Waals surface area contributed by atoms with Crippen molar-refractivity contribution >= 4 is 22.5 Å². The molecule has 3 rings (SSSR count). The molecule has 2 aromatic rings. The molecule has 1 atom stereocenters. The van der Waals surface area contributed by atoms with Crippen LogP contribution in [0, 0.1) is 0 Å². The third-order valence-electron chi connectivity index (χ3n) is 3.11. The van der Waals surface area contributed by atoms with Gasteiger partial charge in [0, 0.05) is 5.75 Å². The van der Waals surface area contributed by atoms with Crippen molar-refractivity contribution < 1.29 is 4.74 Å². The summed E-state index contributed by atoms with van der Waals surface area (Å²) in [4.78, 5) is -0.149. The van der Waals surface area contributed by atoms with Gasteiger partial charge in [0.1, 0.15) is 4.93 Å². The van der Waals surface area contributed by atoms with Crippen LogP contribution in [0.15, 0.2) is 42.5 Å². The maximum absolute atomic E-state index is 5.84. The molecular formula is C14H14OS. The molecule has 1 nitrogen and oxygen atoms in total. The molecule has 0 aliphatic carbocycles. The van der Waals surface area contributed by atoms with Gasteiger partial charge in [-0.15, -0.1) is 11.8 Å². The maximum atomic E-state index is 5.84. The van der Waals surface area contributed by atoms with Crippen LogP contribution in [0.2, 0.25) is 0 Å². The maximum Gasteiger partial charge on any atom is 0.136 e. The molecule has 0 amide bonds. The molecule has 0 N–H and O–H groups in total. The lowest BCUT2D eigenvalue weighted by Gasteiger charge is -2.23. The van der Waals surface area contributed by atoms with Crippen molar-refractivity contribution in [2.24, 2.45) is 0 Å². The van der Waals surface area contributed by atoms with Crippen molar-refractivity contribution in [3.05, 3.63) is 48.0 Å². The number of thioether (sulfide) groups is 1. The van der Waals surface area contributed by atoms with Gasteiger partial charge in [0.25, 0.3) is 0 Å².